The fraction of sp³-hybridized carbons (Fsp3) is 0.500. The summed E-state index contributed by atoms with van der Waals surface area (Å²) in [6, 6.07) is 4.96. The number of carbonyl (C=O) groups excluding carboxylic acids is 1. The summed E-state index contributed by atoms with van der Waals surface area (Å²) in [6.07, 6.45) is 4.32. The molecule has 1 amide bonds. The van der Waals surface area contributed by atoms with Gasteiger partial charge in [-0.3, -0.25) is 4.79 Å². The zero-order valence-corrected chi connectivity index (χ0v) is 13.5. The van der Waals surface area contributed by atoms with Crippen molar-refractivity contribution in [3.63, 3.8) is 0 Å². The topological polar surface area (TPSA) is 75.3 Å². The molecule has 0 saturated heterocycles. The summed E-state index contributed by atoms with van der Waals surface area (Å²) < 4.78 is 0.773. The first-order valence-corrected chi connectivity index (χ1v) is 7.40. The van der Waals surface area contributed by atoms with Gasteiger partial charge in [-0.25, -0.2) is 0 Å². The van der Waals surface area contributed by atoms with E-state index in [1.807, 2.05) is 0 Å². The van der Waals surface area contributed by atoms with Gasteiger partial charge in [-0.15, -0.1) is 12.4 Å². The third-order valence-corrected chi connectivity index (χ3v) is 4.22. The van der Waals surface area contributed by atoms with Crippen molar-refractivity contribution < 1.29 is 9.90 Å². The number of hydrogen-bond acceptors (Lipinski definition) is 3. The van der Waals surface area contributed by atoms with Gasteiger partial charge in [-0.1, -0.05) is 28.8 Å². The van der Waals surface area contributed by atoms with E-state index in [0.717, 1.165) is 23.7 Å². The van der Waals surface area contributed by atoms with Crippen molar-refractivity contribution in [3.8, 4) is 5.75 Å². The van der Waals surface area contributed by atoms with Crippen LogP contribution in [0.15, 0.2) is 22.7 Å². The van der Waals surface area contributed by atoms with Gasteiger partial charge < -0.3 is 16.2 Å². The SMILES string of the molecule is Cl.NCC1CCCCC1NC(=O)c1cc(Br)ccc1O. The van der Waals surface area contributed by atoms with Crippen LogP contribution in [0, 0.1) is 5.92 Å². The molecular formula is C14H20BrClN2O2. The first-order valence-electron chi connectivity index (χ1n) is 6.61. The Morgan fingerprint density at radius 1 is 1.40 bits per heavy atom. The van der Waals surface area contributed by atoms with Crippen molar-refractivity contribution in [1.82, 2.24) is 5.32 Å². The molecule has 2 unspecified atom stereocenters. The fourth-order valence-electron chi connectivity index (χ4n) is 2.62. The van der Waals surface area contributed by atoms with Crippen LogP contribution in [0.3, 0.4) is 0 Å². The van der Waals surface area contributed by atoms with Gasteiger partial charge in [0.25, 0.3) is 5.91 Å². The van der Waals surface area contributed by atoms with Crippen LogP contribution in [0.1, 0.15) is 36.0 Å². The first-order chi connectivity index (χ1) is 9.11. The number of rotatable bonds is 3. The van der Waals surface area contributed by atoms with Crippen LogP contribution in [-0.4, -0.2) is 23.6 Å². The predicted molar refractivity (Wildman–Crippen MR) is 85.3 cm³/mol. The van der Waals surface area contributed by atoms with Crippen molar-refractivity contribution in [2.75, 3.05) is 6.54 Å². The summed E-state index contributed by atoms with van der Waals surface area (Å²) in [7, 11) is 0. The third kappa shape index (κ3) is 4.11. The first kappa shape index (κ1) is 17.3. The van der Waals surface area contributed by atoms with Crippen molar-refractivity contribution >= 4 is 34.2 Å². The number of nitrogens with one attached hydrogen (secondary N) is 1. The number of amides is 1. The van der Waals surface area contributed by atoms with Gasteiger partial charge in [0.15, 0.2) is 0 Å². The minimum absolute atomic E-state index is 0. The maximum atomic E-state index is 12.2. The maximum absolute atomic E-state index is 12.2. The van der Waals surface area contributed by atoms with Crippen molar-refractivity contribution in [2.45, 2.75) is 31.7 Å². The Labute approximate surface area is 133 Å². The van der Waals surface area contributed by atoms with Gasteiger partial charge in [0.1, 0.15) is 5.75 Å². The number of phenolic OH excluding ortho intramolecular Hbond substituents is 1. The monoisotopic (exact) mass is 362 g/mol. The van der Waals surface area contributed by atoms with Crippen molar-refractivity contribution in [1.29, 1.82) is 0 Å². The molecule has 1 aliphatic carbocycles. The number of aromatic hydroxyl groups is 1. The second kappa shape index (κ2) is 7.86. The highest BCUT2D eigenvalue weighted by molar-refractivity contribution is 9.10. The van der Waals surface area contributed by atoms with E-state index in [9.17, 15) is 9.90 Å². The molecule has 0 bridgehead atoms. The molecule has 1 aromatic carbocycles. The lowest BCUT2D eigenvalue weighted by molar-refractivity contribution is 0.0905. The molecule has 0 spiro atoms. The van der Waals surface area contributed by atoms with Gasteiger partial charge in [-0.2, -0.15) is 0 Å². The molecular weight excluding hydrogens is 344 g/mol. The van der Waals surface area contributed by atoms with Gasteiger partial charge in [-0.05, 0) is 43.5 Å². The van der Waals surface area contributed by atoms with Crippen molar-refractivity contribution in [3.05, 3.63) is 28.2 Å². The highest BCUT2D eigenvalue weighted by Gasteiger charge is 2.26. The zero-order valence-electron chi connectivity index (χ0n) is 11.1. The lowest BCUT2D eigenvalue weighted by atomic mass is 9.84. The summed E-state index contributed by atoms with van der Waals surface area (Å²) >= 11 is 3.30. The quantitative estimate of drug-likeness (QED) is 0.773. The van der Waals surface area contributed by atoms with E-state index in [2.05, 4.69) is 21.2 Å². The fourth-order valence-corrected chi connectivity index (χ4v) is 2.98. The number of benzene rings is 1. The summed E-state index contributed by atoms with van der Waals surface area (Å²) in [4.78, 5) is 12.2. The van der Waals surface area contributed by atoms with Crippen LogP contribution in [-0.2, 0) is 0 Å². The minimum Gasteiger partial charge on any atom is -0.507 e. The van der Waals surface area contributed by atoms with Crippen LogP contribution in [0.4, 0.5) is 0 Å². The second-order valence-electron chi connectivity index (χ2n) is 5.02. The molecule has 4 N–H and O–H groups in total. The van der Waals surface area contributed by atoms with E-state index in [0.29, 0.717) is 18.0 Å². The van der Waals surface area contributed by atoms with Gasteiger partial charge in [0, 0.05) is 10.5 Å². The largest absolute Gasteiger partial charge is 0.507 e. The highest BCUT2D eigenvalue weighted by atomic mass is 79.9. The summed E-state index contributed by atoms with van der Waals surface area (Å²) in [5.41, 5.74) is 6.06. The van der Waals surface area contributed by atoms with E-state index in [1.165, 1.54) is 12.5 Å². The van der Waals surface area contributed by atoms with Crippen molar-refractivity contribution in [2.24, 2.45) is 11.7 Å². The van der Waals surface area contributed by atoms with E-state index < -0.39 is 0 Å². The smallest absolute Gasteiger partial charge is 0.255 e. The number of phenols is 1. The standard InChI is InChI=1S/C14H19BrN2O2.ClH/c15-10-5-6-13(18)11(7-10)14(19)17-12-4-2-1-3-9(12)8-16;/h5-7,9,12,18H,1-4,8,16H2,(H,17,19);1H. The highest BCUT2D eigenvalue weighted by Crippen LogP contribution is 2.26. The normalized spacial score (nSPS) is 21.9. The molecule has 1 aliphatic rings. The predicted octanol–water partition coefficient (Wildman–Crippen LogP) is 2.82. The Balaban J connectivity index is 0.00000200. The number of carbonyl (C=O) groups is 1. The Bertz CT molecular complexity index is 470. The number of nitrogens with two attached hydrogens (primary N) is 1. The minimum atomic E-state index is -0.232. The Kier molecular flexibility index (Phi) is 6.79. The van der Waals surface area contributed by atoms with E-state index in [-0.39, 0.29) is 30.1 Å². The van der Waals surface area contributed by atoms with Gasteiger partial charge in [0.2, 0.25) is 0 Å². The summed E-state index contributed by atoms with van der Waals surface area (Å²) in [5, 5.41) is 12.8. The van der Waals surface area contributed by atoms with Gasteiger partial charge >= 0.3 is 0 Å². The number of halogens is 2. The molecule has 2 rings (SSSR count). The Hall–Kier alpha value is -0.780. The third-order valence-electron chi connectivity index (χ3n) is 3.73. The van der Waals surface area contributed by atoms with E-state index in [1.54, 1.807) is 12.1 Å². The molecule has 0 aromatic heterocycles. The molecule has 6 heteroatoms. The molecule has 112 valence electrons. The van der Waals surface area contributed by atoms with Gasteiger partial charge in [0.05, 0.1) is 5.56 Å². The van der Waals surface area contributed by atoms with Crippen LogP contribution in [0.5, 0.6) is 5.75 Å². The lowest BCUT2D eigenvalue weighted by Gasteiger charge is -2.31. The van der Waals surface area contributed by atoms with Crippen LogP contribution in [0.25, 0.3) is 0 Å². The number of hydrogen-bond donors (Lipinski definition) is 3. The molecule has 0 aliphatic heterocycles. The van der Waals surface area contributed by atoms with Crippen LogP contribution in [0.2, 0.25) is 0 Å². The second-order valence-corrected chi connectivity index (χ2v) is 5.94. The Morgan fingerprint density at radius 2 is 2.10 bits per heavy atom. The molecule has 0 radical (unpaired) electrons. The molecule has 1 aromatic rings. The summed E-state index contributed by atoms with van der Waals surface area (Å²) in [5.74, 6) is 0.108. The molecule has 20 heavy (non-hydrogen) atoms. The average Bonchev–Trinajstić information content (AvgIpc) is 2.42. The van der Waals surface area contributed by atoms with Crippen LogP contribution < -0.4 is 11.1 Å². The molecule has 1 fully saturated rings. The molecule has 0 heterocycles. The zero-order chi connectivity index (χ0) is 13.8. The Morgan fingerprint density at radius 3 is 2.80 bits per heavy atom. The maximum Gasteiger partial charge on any atom is 0.255 e. The van der Waals surface area contributed by atoms with Crippen LogP contribution >= 0.6 is 28.3 Å². The average molecular weight is 364 g/mol. The molecule has 1 saturated carbocycles. The van der Waals surface area contributed by atoms with E-state index >= 15 is 0 Å². The molecule has 4 nitrogen and oxygen atoms in total. The molecule has 2 atom stereocenters. The van der Waals surface area contributed by atoms with E-state index in [4.69, 9.17) is 5.73 Å². The lowest BCUT2D eigenvalue weighted by Crippen LogP contribution is -2.44. The summed E-state index contributed by atoms with van der Waals surface area (Å²) in [6.45, 7) is 0.593.